The number of hydrogen-bond acceptors (Lipinski definition) is 4. The first-order valence-corrected chi connectivity index (χ1v) is 10.7. The van der Waals surface area contributed by atoms with E-state index in [4.69, 9.17) is 4.52 Å². The number of anilines is 1. The van der Waals surface area contributed by atoms with Gasteiger partial charge in [0.1, 0.15) is 0 Å². The van der Waals surface area contributed by atoms with Gasteiger partial charge in [0.2, 0.25) is 0 Å². The van der Waals surface area contributed by atoms with E-state index in [1.165, 1.54) is 0 Å². The molecule has 6 heteroatoms. The lowest BCUT2D eigenvalue weighted by Gasteiger charge is -2.26. The molecule has 4 nitrogen and oxygen atoms in total. The Bertz CT molecular complexity index is 729. The van der Waals surface area contributed by atoms with Crippen molar-refractivity contribution in [2.75, 3.05) is 25.6 Å². The average Bonchev–Trinajstić information content (AvgIpc) is 2.59. The van der Waals surface area contributed by atoms with Crippen molar-refractivity contribution in [1.29, 1.82) is 0 Å². The minimum absolute atomic E-state index is 0.214. The van der Waals surface area contributed by atoms with Crippen molar-refractivity contribution in [2.45, 2.75) is 19.7 Å². The molecular formula is C19H25BrNO3P. The Balaban J connectivity index is 2.42. The molecule has 0 aliphatic carbocycles. The molecule has 1 N–H and O–H groups in total. The standard InChI is InChI=1S/C19H25BrNO3P/c1-14(2)13-24-25(23,18-11-9-17(10-12-18)21(3)4)19(22)15-5-7-16(20)8-6-15/h5-12,14,19,22H,13H2,1-4H3/t19-,25+/m0/s1. The Morgan fingerprint density at radius 1 is 1.08 bits per heavy atom. The molecule has 2 rings (SSSR count). The van der Waals surface area contributed by atoms with Gasteiger partial charge in [-0.2, -0.15) is 0 Å². The van der Waals surface area contributed by atoms with Gasteiger partial charge in [0, 0.05) is 29.6 Å². The second-order valence-electron chi connectivity index (χ2n) is 6.62. The molecule has 0 heterocycles. The molecule has 0 bridgehead atoms. The highest BCUT2D eigenvalue weighted by atomic mass is 79.9. The van der Waals surface area contributed by atoms with Crippen molar-refractivity contribution >= 4 is 34.3 Å². The summed E-state index contributed by atoms with van der Waals surface area (Å²) in [7, 11) is 0.408. The summed E-state index contributed by atoms with van der Waals surface area (Å²) < 4.78 is 20.4. The van der Waals surface area contributed by atoms with Crippen LogP contribution >= 0.6 is 23.3 Å². The Kier molecular flexibility index (Phi) is 6.86. The molecule has 0 saturated heterocycles. The number of rotatable bonds is 7. The lowest BCUT2D eigenvalue weighted by Crippen LogP contribution is -2.17. The summed E-state index contributed by atoms with van der Waals surface area (Å²) in [6, 6.07) is 14.5. The summed E-state index contributed by atoms with van der Waals surface area (Å²) in [6.45, 7) is 4.30. The summed E-state index contributed by atoms with van der Waals surface area (Å²) in [4.78, 5) is 1.97. The second-order valence-corrected chi connectivity index (χ2v) is 10.00. The maximum absolute atomic E-state index is 13.7. The molecular weight excluding hydrogens is 401 g/mol. The molecule has 0 fully saturated rings. The van der Waals surface area contributed by atoms with Crippen molar-refractivity contribution in [3.8, 4) is 0 Å². The van der Waals surface area contributed by atoms with E-state index in [-0.39, 0.29) is 5.92 Å². The van der Waals surface area contributed by atoms with Gasteiger partial charge in [-0.15, -0.1) is 0 Å². The number of benzene rings is 2. The van der Waals surface area contributed by atoms with Crippen LogP contribution in [0.1, 0.15) is 25.3 Å². The normalized spacial score (nSPS) is 15.0. The smallest absolute Gasteiger partial charge is 0.264 e. The number of halogens is 1. The summed E-state index contributed by atoms with van der Waals surface area (Å²) in [6.07, 6.45) is 0. The van der Waals surface area contributed by atoms with Gasteiger partial charge in [0.15, 0.2) is 5.85 Å². The average molecular weight is 426 g/mol. The van der Waals surface area contributed by atoms with Crippen LogP contribution in [0.3, 0.4) is 0 Å². The third kappa shape index (κ3) is 4.95. The Morgan fingerprint density at radius 3 is 2.12 bits per heavy atom. The predicted octanol–water partition coefficient (Wildman–Crippen LogP) is 4.78. The Labute approximate surface area is 158 Å². The lowest BCUT2D eigenvalue weighted by atomic mass is 10.2. The van der Waals surface area contributed by atoms with Crippen LogP contribution in [0.4, 0.5) is 5.69 Å². The molecule has 0 radical (unpaired) electrons. The molecule has 136 valence electrons. The first-order chi connectivity index (χ1) is 11.7. The highest BCUT2D eigenvalue weighted by molar-refractivity contribution is 9.10. The van der Waals surface area contributed by atoms with Gasteiger partial charge in [-0.25, -0.2) is 0 Å². The molecule has 0 aliphatic heterocycles. The molecule has 0 amide bonds. The first-order valence-electron chi connectivity index (χ1n) is 8.20. The van der Waals surface area contributed by atoms with E-state index in [0.717, 1.165) is 10.2 Å². The molecule has 0 unspecified atom stereocenters. The van der Waals surface area contributed by atoms with Crippen molar-refractivity contribution in [3.05, 3.63) is 58.6 Å². The third-order valence-electron chi connectivity index (χ3n) is 3.82. The maximum atomic E-state index is 13.7. The lowest BCUT2D eigenvalue weighted by molar-refractivity contribution is 0.203. The van der Waals surface area contributed by atoms with Gasteiger partial charge in [-0.3, -0.25) is 4.57 Å². The van der Waals surface area contributed by atoms with Crippen LogP contribution in [0.2, 0.25) is 0 Å². The highest BCUT2D eigenvalue weighted by Crippen LogP contribution is 2.58. The largest absolute Gasteiger partial charge is 0.378 e. The van der Waals surface area contributed by atoms with Gasteiger partial charge in [-0.05, 0) is 47.9 Å². The fourth-order valence-corrected chi connectivity index (χ4v) is 4.82. The summed E-state index contributed by atoms with van der Waals surface area (Å²) >= 11 is 3.37. The minimum atomic E-state index is -3.48. The van der Waals surface area contributed by atoms with Gasteiger partial charge >= 0.3 is 0 Å². The van der Waals surface area contributed by atoms with Crippen molar-refractivity contribution in [2.24, 2.45) is 5.92 Å². The minimum Gasteiger partial charge on any atom is -0.378 e. The molecule has 2 aromatic carbocycles. The number of aliphatic hydroxyl groups excluding tert-OH is 1. The predicted molar refractivity (Wildman–Crippen MR) is 108 cm³/mol. The summed E-state index contributed by atoms with van der Waals surface area (Å²) in [5.41, 5.74) is 1.57. The zero-order valence-electron chi connectivity index (χ0n) is 15.0. The monoisotopic (exact) mass is 425 g/mol. The second kappa shape index (κ2) is 8.50. The van der Waals surface area contributed by atoms with Gasteiger partial charge in [0.25, 0.3) is 7.37 Å². The van der Waals surface area contributed by atoms with Crippen LogP contribution in [0, 0.1) is 5.92 Å². The molecule has 2 atom stereocenters. The van der Waals surface area contributed by atoms with Crippen molar-refractivity contribution < 1.29 is 14.2 Å². The van der Waals surface area contributed by atoms with E-state index in [0.29, 0.717) is 17.5 Å². The maximum Gasteiger partial charge on any atom is 0.264 e. The fourth-order valence-electron chi connectivity index (χ4n) is 2.34. The van der Waals surface area contributed by atoms with Crippen LogP contribution < -0.4 is 10.2 Å². The zero-order chi connectivity index (χ0) is 18.6. The summed E-state index contributed by atoms with van der Waals surface area (Å²) in [5, 5.41) is 11.4. The van der Waals surface area contributed by atoms with Gasteiger partial charge < -0.3 is 14.5 Å². The molecule has 0 aromatic heterocycles. The van der Waals surface area contributed by atoms with E-state index >= 15 is 0 Å². The van der Waals surface area contributed by atoms with Crippen LogP contribution in [-0.2, 0) is 9.09 Å². The number of nitrogens with zero attached hydrogens (tertiary/aromatic N) is 1. The molecule has 0 aliphatic rings. The van der Waals surface area contributed by atoms with Crippen molar-refractivity contribution in [3.63, 3.8) is 0 Å². The quantitative estimate of drug-likeness (QED) is 0.648. The molecule has 0 spiro atoms. The zero-order valence-corrected chi connectivity index (χ0v) is 17.5. The van der Waals surface area contributed by atoms with E-state index in [2.05, 4.69) is 15.9 Å². The molecule has 2 aromatic rings. The third-order valence-corrected chi connectivity index (χ3v) is 6.84. The van der Waals surface area contributed by atoms with E-state index in [1.807, 2.05) is 57.1 Å². The first kappa shape index (κ1) is 20.2. The van der Waals surface area contributed by atoms with E-state index in [9.17, 15) is 9.67 Å². The van der Waals surface area contributed by atoms with Crippen LogP contribution in [-0.4, -0.2) is 25.8 Å². The van der Waals surface area contributed by atoms with Gasteiger partial charge in [0.05, 0.1) is 6.61 Å². The van der Waals surface area contributed by atoms with E-state index in [1.54, 1.807) is 24.3 Å². The SMILES string of the molecule is CC(C)CO[P@](=O)(c1ccc(N(C)C)cc1)[C@H](O)c1ccc(Br)cc1. The van der Waals surface area contributed by atoms with Crippen LogP contribution in [0.25, 0.3) is 0 Å². The van der Waals surface area contributed by atoms with Crippen LogP contribution in [0.5, 0.6) is 0 Å². The number of hydrogen-bond donors (Lipinski definition) is 1. The van der Waals surface area contributed by atoms with Crippen molar-refractivity contribution in [1.82, 2.24) is 0 Å². The molecule has 0 saturated carbocycles. The Morgan fingerprint density at radius 2 is 1.64 bits per heavy atom. The fraction of sp³-hybridized carbons (Fsp3) is 0.368. The molecule has 25 heavy (non-hydrogen) atoms. The highest BCUT2D eigenvalue weighted by Gasteiger charge is 2.36. The van der Waals surface area contributed by atoms with Crippen LogP contribution in [0.15, 0.2) is 53.0 Å². The van der Waals surface area contributed by atoms with Gasteiger partial charge in [-0.1, -0.05) is 41.9 Å². The Hall–Kier alpha value is -1.13. The van der Waals surface area contributed by atoms with E-state index < -0.39 is 13.2 Å². The summed E-state index contributed by atoms with van der Waals surface area (Å²) in [5.74, 6) is -0.990. The topological polar surface area (TPSA) is 49.8 Å². The number of aliphatic hydroxyl groups is 1.